The van der Waals surface area contributed by atoms with E-state index in [4.69, 9.17) is 26.8 Å². The Morgan fingerprint density at radius 1 is 1.44 bits per heavy atom. The second-order valence-corrected chi connectivity index (χ2v) is 7.00. The fourth-order valence-electron chi connectivity index (χ4n) is 2.18. The number of nitrogens with zero attached hydrogens (tertiary/aromatic N) is 1. The molecule has 1 aromatic rings. The summed E-state index contributed by atoms with van der Waals surface area (Å²) in [5, 5.41) is 9.11. The summed E-state index contributed by atoms with van der Waals surface area (Å²) < 4.78 is 11.2. The Balaban J connectivity index is 2.27. The molecule has 0 aliphatic carbocycles. The van der Waals surface area contributed by atoms with Crippen LogP contribution in [0.25, 0.3) is 6.08 Å². The molecule has 1 heterocycles. The highest BCUT2D eigenvalue weighted by Gasteiger charge is 2.38. The summed E-state index contributed by atoms with van der Waals surface area (Å²) in [6, 6.07) is 4.34. The molecule has 0 spiro atoms. The smallest absolute Gasteiger partial charge is 0.326 e. The molecule has 2 rings (SSSR count). The molecule has 1 fully saturated rings. The summed E-state index contributed by atoms with van der Waals surface area (Å²) in [6.45, 7) is 4.03. The number of amides is 1. The van der Waals surface area contributed by atoms with Crippen molar-refractivity contribution in [3.05, 3.63) is 28.7 Å². The van der Waals surface area contributed by atoms with Crippen molar-refractivity contribution in [3.63, 3.8) is 0 Å². The van der Waals surface area contributed by atoms with Gasteiger partial charge in [0, 0.05) is 0 Å². The maximum Gasteiger partial charge on any atom is 0.326 e. The number of hydrogen-bond acceptors (Lipinski definition) is 6. The number of ether oxygens (including phenoxy) is 2. The molecule has 1 atom stereocenters. The van der Waals surface area contributed by atoms with Crippen molar-refractivity contribution in [1.82, 2.24) is 4.90 Å². The maximum absolute atomic E-state index is 12.5. The van der Waals surface area contributed by atoms with Crippen molar-refractivity contribution in [2.24, 2.45) is 0 Å². The molecular formula is C17H19NO5S2. The Bertz CT molecular complexity index is 732. The largest absolute Gasteiger partial charge is 0.493 e. The number of hydrogen-bond donors (Lipinski definition) is 1. The minimum Gasteiger partial charge on any atom is -0.493 e. The highest BCUT2D eigenvalue weighted by Crippen LogP contribution is 2.35. The van der Waals surface area contributed by atoms with Crippen LogP contribution in [0, 0.1) is 0 Å². The van der Waals surface area contributed by atoms with Crippen molar-refractivity contribution in [2.45, 2.75) is 26.3 Å². The number of aliphatic carboxylic acids is 1. The molecule has 6 nitrogen and oxygen atoms in total. The standard InChI is InChI=1S/C17H19NO5S2/c1-4-7-23-12-6-5-11(8-13(12)22-3)9-14-15(19)18(17(24)25-14)10(2)16(20)21/h5-6,8-10H,4,7H2,1-3H3,(H,20,21)/b14-9-/t10-/m1/s1. The van der Waals surface area contributed by atoms with E-state index in [2.05, 4.69) is 0 Å². The SMILES string of the molecule is CCCOc1ccc(/C=C2\SC(=S)N([C@H](C)C(=O)O)C2=O)cc1OC. The topological polar surface area (TPSA) is 76.1 Å². The Hall–Kier alpha value is -2.06. The molecule has 0 bridgehead atoms. The third kappa shape index (κ3) is 4.32. The van der Waals surface area contributed by atoms with Crippen LogP contribution in [0.2, 0.25) is 0 Å². The van der Waals surface area contributed by atoms with E-state index in [9.17, 15) is 9.59 Å². The van der Waals surface area contributed by atoms with E-state index in [0.717, 1.165) is 28.6 Å². The van der Waals surface area contributed by atoms with Crippen LogP contribution in [0.5, 0.6) is 11.5 Å². The fourth-order valence-corrected chi connectivity index (χ4v) is 3.60. The van der Waals surface area contributed by atoms with Crippen molar-refractivity contribution in [1.29, 1.82) is 0 Å². The Morgan fingerprint density at radius 2 is 2.16 bits per heavy atom. The van der Waals surface area contributed by atoms with Gasteiger partial charge in [-0.15, -0.1) is 0 Å². The first kappa shape index (κ1) is 19.3. The van der Waals surface area contributed by atoms with E-state index in [-0.39, 0.29) is 4.32 Å². The van der Waals surface area contributed by atoms with Crippen LogP contribution in [0.1, 0.15) is 25.8 Å². The summed E-state index contributed by atoms with van der Waals surface area (Å²) in [6.07, 6.45) is 2.55. The number of carboxylic acid groups (broad SMARTS) is 1. The summed E-state index contributed by atoms with van der Waals surface area (Å²) in [5.74, 6) is -0.308. The van der Waals surface area contributed by atoms with Crippen molar-refractivity contribution in [3.8, 4) is 11.5 Å². The highest BCUT2D eigenvalue weighted by molar-refractivity contribution is 8.26. The minimum absolute atomic E-state index is 0.237. The average molecular weight is 381 g/mol. The minimum atomic E-state index is -1.10. The lowest BCUT2D eigenvalue weighted by Gasteiger charge is -2.18. The number of carbonyl (C=O) groups is 2. The molecule has 25 heavy (non-hydrogen) atoms. The number of carbonyl (C=O) groups excluding carboxylic acids is 1. The van der Waals surface area contributed by atoms with Gasteiger partial charge >= 0.3 is 5.97 Å². The van der Waals surface area contributed by atoms with E-state index in [0.29, 0.717) is 23.0 Å². The average Bonchev–Trinajstić information content (AvgIpc) is 2.86. The highest BCUT2D eigenvalue weighted by atomic mass is 32.2. The number of thiocarbonyl (C=S) groups is 1. The van der Waals surface area contributed by atoms with Crippen molar-refractivity contribution in [2.75, 3.05) is 13.7 Å². The number of carboxylic acids is 1. The van der Waals surface area contributed by atoms with E-state index in [1.54, 1.807) is 31.4 Å². The van der Waals surface area contributed by atoms with E-state index in [1.165, 1.54) is 6.92 Å². The molecule has 0 radical (unpaired) electrons. The van der Waals surface area contributed by atoms with Crippen LogP contribution in [0.4, 0.5) is 0 Å². The Morgan fingerprint density at radius 3 is 2.76 bits per heavy atom. The molecule has 1 N–H and O–H groups in total. The third-order valence-corrected chi connectivity index (χ3v) is 4.85. The van der Waals surface area contributed by atoms with E-state index in [1.807, 2.05) is 6.92 Å². The predicted octanol–water partition coefficient (Wildman–Crippen LogP) is 3.16. The first-order valence-corrected chi connectivity index (χ1v) is 8.92. The quantitative estimate of drug-likeness (QED) is 0.574. The molecule has 0 saturated carbocycles. The number of benzene rings is 1. The monoisotopic (exact) mass is 381 g/mol. The molecule has 1 aliphatic heterocycles. The molecule has 1 aliphatic rings. The third-order valence-electron chi connectivity index (χ3n) is 3.52. The van der Waals surface area contributed by atoms with Crippen LogP contribution in [-0.2, 0) is 9.59 Å². The van der Waals surface area contributed by atoms with Crippen LogP contribution >= 0.6 is 24.0 Å². The zero-order valence-corrected chi connectivity index (χ0v) is 15.8. The number of methoxy groups -OCH3 is 1. The molecule has 1 aromatic carbocycles. The Kier molecular flexibility index (Phi) is 6.44. The maximum atomic E-state index is 12.5. The van der Waals surface area contributed by atoms with Crippen LogP contribution in [-0.4, -0.2) is 46.0 Å². The summed E-state index contributed by atoms with van der Waals surface area (Å²) in [5.41, 5.74) is 0.740. The van der Waals surface area contributed by atoms with Crippen LogP contribution in [0.15, 0.2) is 23.1 Å². The normalized spacial score (nSPS) is 17.1. The lowest BCUT2D eigenvalue weighted by atomic mass is 10.1. The summed E-state index contributed by atoms with van der Waals surface area (Å²) in [7, 11) is 1.55. The summed E-state index contributed by atoms with van der Waals surface area (Å²) >= 11 is 6.23. The number of rotatable bonds is 7. The van der Waals surface area contributed by atoms with Gasteiger partial charge in [0.15, 0.2) is 11.5 Å². The van der Waals surface area contributed by atoms with Gasteiger partial charge in [-0.05, 0) is 37.1 Å². The van der Waals surface area contributed by atoms with Gasteiger partial charge in [-0.2, -0.15) is 0 Å². The first-order chi connectivity index (χ1) is 11.9. The lowest BCUT2D eigenvalue weighted by molar-refractivity contribution is -0.144. The molecule has 1 amide bonds. The predicted molar refractivity (Wildman–Crippen MR) is 101 cm³/mol. The van der Waals surface area contributed by atoms with Gasteiger partial charge in [-0.25, -0.2) is 4.79 Å². The second-order valence-electron chi connectivity index (χ2n) is 5.32. The van der Waals surface area contributed by atoms with Crippen molar-refractivity contribution < 1.29 is 24.2 Å². The molecule has 1 saturated heterocycles. The van der Waals surface area contributed by atoms with Gasteiger partial charge in [0.1, 0.15) is 10.4 Å². The molecule has 8 heteroatoms. The molecular weight excluding hydrogens is 362 g/mol. The Labute approximate surface area is 155 Å². The zero-order valence-electron chi connectivity index (χ0n) is 14.1. The van der Waals surface area contributed by atoms with Gasteiger partial charge < -0.3 is 14.6 Å². The van der Waals surface area contributed by atoms with Gasteiger partial charge in [0.05, 0.1) is 18.6 Å². The first-order valence-electron chi connectivity index (χ1n) is 7.69. The number of thioether (sulfide) groups is 1. The zero-order chi connectivity index (χ0) is 18.6. The van der Waals surface area contributed by atoms with E-state index < -0.39 is 17.9 Å². The summed E-state index contributed by atoms with van der Waals surface area (Å²) in [4.78, 5) is 25.1. The van der Waals surface area contributed by atoms with Crippen LogP contribution in [0.3, 0.4) is 0 Å². The van der Waals surface area contributed by atoms with Crippen LogP contribution < -0.4 is 9.47 Å². The lowest BCUT2D eigenvalue weighted by Crippen LogP contribution is -2.41. The van der Waals surface area contributed by atoms with E-state index >= 15 is 0 Å². The van der Waals surface area contributed by atoms with Crippen molar-refractivity contribution >= 4 is 46.3 Å². The van der Waals surface area contributed by atoms with Gasteiger partial charge in [-0.1, -0.05) is 37.0 Å². The fraction of sp³-hybridized carbons (Fsp3) is 0.353. The molecule has 134 valence electrons. The second kappa shape index (κ2) is 8.35. The molecule has 0 aromatic heterocycles. The molecule has 0 unspecified atom stereocenters. The van der Waals surface area contributed by atoms with Gasteiger partial charge in [0.25, 0.3) is 5.91 Å². The van der Waals surface area contributed by atoms with Gasteiger partial charge in [0.2, 0.25) is 0 Å². The van der Waals surface area contributed by atoms with Gasteiger partial charge in [-0.3, -0.25) is 9.69 Å².